The van der Waals surface area contributed by atoms with Crippen LogP contribution in [0.3, 0.4) is 0 Å². The van der Waals surface area contributed by atoms with E-state index >= 15 is 0 Å². The second kappa shape index (κ2) is 8.58. The Balaban J connectivity index is 1.53. The van der Waals surface area contributed by atoms with Crippen LogP contribution in [-0.4, -0.2) is 38.0 Å². The van der Waals surface area contributed by atoms with Gasteiger partial charge in [-0.2, -0.15) is 5.26 Å². The fourth-order valence-electron chi connectivity index (χ4n) is 3.20. The van der Waals surface area contributed by atoms with Gasteiger partial charge in [0.15, 0.2) is 11.5 Å². The fraction of sp³-hybridized carbons (Fsp3) is 0.389. The van der Waals surface area contributed by atoms with Crippen LogP contribution in [0.1, 0.15) is 24.1 Å². The monoisotopic (exact) mass is 407 g/mol. The third-order valence-electron chi connectivity index (χ3n) is 4.57. The third kappa shape index (κ3) is 5.21. The number of nitrogens with zero attached hydrogens (tertiary/aromatic N) is 4. The first-order valence-corrected chi connectivity index (χ1v) is 10.4. The molecule has 1 aliphatic rings. The average molecular weight is 407 g/mol. The molecule has 28 heavy (non-hydrogen) atoms. The molecule has 7 nitrogen and oxygen atoms in total. The highest BCUT2D eigenvalue weighted by molar-refractivity contribution is 7.88. The SMILES string of the molecule is N#Cc1nccnc1N1CCC(CNS(=O)(=O)Cc2cc(F)cc(F)c2)CC1. The lowest BCUT2D eigenvalue weighted by molar-refractivity contribution is 0.400. The largest absolute Gasteiger partial charge is 0.354 e. The van der Waals surface area contributed by atoms with Crippen molar-refractivity contribution in [3.63, 3.8) is 0 Å². The number of hydrogen-bond donors (Lipinski definition) is 1. The van der Waals surface area contributed by atoms with Gasteiger partial charge in [-0.3, -0.25) is 0 Å². The minimum Gasteiger partial charge on any atom is -0.354 e. The van der Waals surface area contributed by atoms with E-state index < -0.39 is 27.4 Å². The van der Waals surface area contributed by atoms with Gasteiger partial charge in [0, 0.05) is 38.1 Å². The summed E-state index contributed by atoms with van der Waals surface area (Å²) in [5.74, 6) is -1.43. The average Bonchev–Trinajstić information content (AvgIpc) is 2.65. The normalized spacial score (nSPS) is 15.4. The molecule has 1 fully saturated rings. The second-order valence-corrected chi connectivity index (χ2v) is 8.46. The molecule has 0 unspecified atom stereocenters. The smallest absolute Gasteiger partial charge is 0.215 e. The number of piperidine rings is 1. The van der Waals surface area contributed by atoms with Crippen molar-refractivity contribution in [1.29, 1.82) is 5.26 Å². The first-order valence-electron chi connectivity index (χ1n) is 8.74. The van der Waals surface area contributed by atoms with Crippen molar-refractivity contribution in [3.05, 3.63) is 53.5 Å². The van der Waals surface area contributed by atoms with E-state index in [4.69, 9.17) is 5.26 Å². The lowest BCUT2D eigenvalue weighted by Gasteiger charge is -2.32. The Bertz CT molecular complexity index is 965. The van der Waals surface area contributed by atoms with Gasteiger partial charge >= 0.3 is 0 Å². The second-order valence-electron chi connectivity index (χ2n) is 6.66. The molecule has 0 amide bonds. The molecule has 148 valence electrons. The van der Waals surface area contributed by atoms with Crippen molar-refractivity contribution >= 4 is 15.8 Å². The van der Waals surface area contributed by atoms with Gasteiger partial charge in [-0.15, -0.1) is 0 Å². The van der Waals surface area contributed by atoms with Crippen LogP contribution in [-0.2, 0) is 15.8 Å². The van der Waals surface area contributed by atoms with Crippen molar-refractivity contribution in [3.8, 4) is 6.07 Å². The van der Waals surface area contributed by atoms with Gasteiger partial charge in [0.25, 0.3) is 0 Å². The van der Waals surface area contributed by atoms with Crippen LogP contribution >= 0.6 is 0 Å². The van der Waals surface area contributed by atoms with Crippen LogP contribution in [0.2, 0.25) is 0 Å². The van der Waals surface area contributed by atoms with Crippen LogP contribution in [0.5, 0.6) is 0 Å². The molecule has 2 aromatic rings. The summed E-state index contributed by atoms with van der Waals surface area (Å²) in [6, 6.07) is 4.74. The number of sulfonamides is 1. The first kappa shape index (κ1) is 20.1. The molecule has 0 aliphatic carbocycles. The Hall–Kier alpha value is -2.64. The molecule has 0 bridgehead atoms. The number of nitrogens with one attached hydrogen (secondary N) is 1. The summed E-state index contributed by atoms with van der Waals surface area (Å²) in [5, 5.41) is 9.13. The van der Waals surface area contributed by atoms with Gasteiger partial charge < -0.3 is 4.90 Å². The Kier molecular flexibility index (Phi) is 6.16. The Labute approximate surface area is 162 Å². The third-order valence-corrected chi connectivity index (χ3v) is 5.89. The minimum absolute atomic E-state index is 0.0616. The summed E-state index contributed by atoms with van der Waals surface area (Å²) < 4.78 is 53.4. The summed E-state index contributed by atoms with van der Waals surface area (Å²) in [6.45, 7) is 1.52. The van der Waals surface area contributed by atoms with Crippen molar-refractivity contribution in [2.45, 2.75) is 18.6 Å². The highest BCUT2D eigenvalue weighted by Gasteiger charge is 2.24. The zero-order valence-electron chi connectivity index (χ0n) is 15.0. The molecule has 1 aromatic carbocycles. The Morgan fingerprint density at radius 2 is 1.79 bits per heavy atom. The molecule has 10 heteroatoms. The lowest BCUT2D eigenvalue weighted by atomic mass is 9.97. The zero-order valence-corrected chi connectivity index (χ0v) is 15.8. The number of halogens is 2. The van der Waals surface area contributed by atoms with Crippen molar-refractivity contribution in [1.82, 2.24) is 14.7 Å². The number of rotatable bonds is 6. The minimum atomic E-state index is -3.71. The van der Waals surface area contributed by atoms with Gasteiger partial charge in [0.05, 0.1) is 5.75 Å². The topological polar surface area (TPSA) is 99.0 Å². The molecule has 0 atom stereocenters. The van der Waals surface area contributed by atoms with E-state index in [0.717, 1.165) is 25.0 Å². The van der Waals surface area contributed by atoms with Crippen LogP contribution < -0.4 is 9.62 Å². The van der Waals surface area contributed by atoms with Crippen LogP contribution in [0.4, 0.5) is 14.6 Å². The van der Waals surface area contributed by atoms with Crippen molar-refractivity contribution < 1.29 is 17.2 Å². The molecule has 2 heterocycles. The van der Waals surface area contributed by atoms with E-state index in [1.54, 1.807) is 0 Å². The van der Waals surface area contributed by atoms with Crippen LogP contribution in [0.25, 0.3) is 0 Å². The van der Waals surface area contributed by atoms with Gasteiger partial charge in [0.1, 0.15) is 17.7 Å². The van der Waals surface area contributed by atoms with E-state index in [1.165, 1.54) is 12.4 Å². The number of hydrogen-bond acceptors (Lipinski definition) is 6. The molecular weight excluding hydrogens is 388 g/mol. The Morgan fingerprint density at radius 1 is 1.14 bits per heavy atom. The highest BCUT2D eigenvalue weighted by Crippen LogP contribution is 2.23. The predicted molar refractivity (Wildman–Crippen MR) is 98.7 cm³/mol. The lowest BCUT2D eigenvalue weighted by Crippen LogP contribution is -2.39. The summed E-state index contributed by atoms with van der Waals surface area (Å²) in [6.07, 6.45) is 4.44. The number of anilines is 1. The van der Waals surface area contributed by atoms with E-state index in [2.05, 4.69) is 14.7 Å². The molecule has 3 rings (SSSR count). The summed E-state index contributed by atoms with van der Waals surface area (Å²) in [5.41, 5.74) is 0.329. The number of aromatic nitrogens is 2. The summed E-state index contributed by atoms with van der Waals surface area (Å²) in [4.78, 5) is 10.2. The first-order chi connectivity index (χ1) is 13.4. The van der Waals surface area contributed by atoms with Crippen molar-refractivity contribution in [2.75, 3.05) is 24.5 Å². The van der Waals surface area contributed by atoms with E-state index in [-0.39, 0.29) is 23.7 Å². The molecule has 0 spiro atoms. The summed E-state index contributed by atoms with van der Waals surface area (Å²) in [7, 11) is -3.71. The highest BCUT2D eigenvalue weighted by atomic mass is 32.2. The quantitative estimate of drug-likeness (QED) is 0.786. The molecule has 0 saturated carbocycles. The molecule has 1 N–H and O–H groups in total. The van der Waals surface area contributed by atoms with Gasteiger partial charge in [-0.25, -0.2) is 31.9 Å². The van der Waals surface area contributed by atoms with Crippen LogP contribution in [0.15, 0.2) is 30.6 Å². The van der Waals surface area contributed by atoms with E-state index in [0.29, 0.717) is 25.0 Å². The number of nitriles is 1. The van der Waals surface area contributed by atoms with E-state index in [1.807, 2.05) is 11.0 Å². The van der Waals surface area contributed by atoms with Gasteiger partial charge in [0.2, 0.25) is 10.0 Å². The fourth-order valence-corrected chi connectivity index (χ4v) is 4.40. The predicted octanol–water partition coefficient (Wildman–Crippen LogP) is 1.96. The van der Waals surface area contributed by atoms with Gasteiger partial charge in [-0.05, 0) is 36.5 Å². The zero-order chi connectivity index (χ0) is 20.1. The summed E-state index contributed by atoms with van der Waals surface area (Å²) >= 11 is 0. The standard InChI is InChI=1S/C18H19F2N5O2S/c19-15-7-14(8-16(20)9-15)12-28(26,27)24-11-13-1-5-25(6-2-13)18-17(10-21)22-3-4-23-18/h3-4,7-9,13,24H,1-2,5-6,11-12H2. The van der Waals surface area contributed by atoms with Crippen LogP contribution in [0, 0.1) is 28.9 Å². The van der Waals surface area contributed by atoms with Gasteiger partial charge in [-0.1, -0.05) is 0 Å². The maximum Gasteiger partial charge on any atom is 0.215 e. The molecule has 1 aromatic heterocycles. The van der Waals surface area contributed by atoms with Crippen molar-refractivity contribution in [2.24, 2.45) is 5.92 Å². The number of benzene rings is 1. The molecular formula is C18H19F2N5O2S. The molecule has 0 radical (unpaired) electrons. The molecule has 1 saturated heterocycles. The molecule has 1 aliphatic heterocycles. The maximum atomic E-state index is 13.2. The Morgan fingerprint density at radius 3 is 2.43 bits per heavy atom. The van der Waals surface area contributed by atoms with E-state index in [9.17, 15) is 17.2 Å². The maximum absolute atomic E-state index is 13.2.